The summed E-state index contributed by atoms with van der Waals surface area (Å²) in [7, 11) is 1.41. The average molecular weight is 272 g/mol. The van der Waals surface area contributed by atoms with Crippen LogP contribution < -0.4 is 4.74 Å². The van der Waals surface area contributed by atoms with Gasteiger partial charge in [-0.3, -0.25) is 9.59 Å². The number of aliphatic carboxylic acids is 1. The molecule has 0 aromatic heterocycles. The molecular formula is C12H14ClNO4. The zero-order valence-corrected chi connectivity index (χ0v) is 10.8. The first-order valence-corrected chi connectivity index (χ1v) is 5.67. The molecule has 6 heteroatoms. The van der Waals surface area contributed by atoms with Crippen LogP contribution in [0.3, 0.4) is 0 Å². The van der Waals surface area contributed by atoms with Crippen LogP contribution in [0.15, 0.2) is 24.3 Å². The number of halogens is 1. The van der Waals surface area contributed by atoms with Gasteiger partial charge in [-0.05, 0) is 25.1 Å². The molecule has 18 heavy (non-hydrogen) atoms. The molecule has 0 saturated carbocycles. The lowest BCUT2D eigenvalue weighted by Crippen LogP contribution is -2.40. The second kappa shape index (κ2) is 6.26. The number of carboxylic acid groups (broad SMARTS) is 1. The molecule has 1 aromatic rings. The van der Waals surface area contributed by atoms with Crippen LogP contribution in [-0.2, 0) is 9.59 Å². The van der Waals surface area contributed by atoms with Gasteiger partial charge < -0.3 is 14.7 Å². The van der Waals surface area contributed by atoms with E-state index in [0.717, 1.165) is 4.90 Å². The van der Waals surface area contributed by atoms with Crippen LogP contribution in [0.25, 0.3) is 0 Å². The van der Waals surface area contributed by atoms with Gasteiger partial charge in [-0.15, -0.1) is 0 Å². The number of amides is 1. The zero-order chi connectivity index (χ0) is 13.7. The van der Waals surface area contributed by atoms with E-state index in [1.165, 1.54) is 7.05 Å². The molecule has 1 aromatic carbocycles. The molecule has 0 radical (unpaired) electrons. The average Bonchev–Trinajstić information content (AvgIpc) is 2.27. The summed E-state index contributed by atoms with van der Waals surface area (Å²) in [6.45, 7) is 1.20. The van der Waals surface area contributed by atoms with Crippen LogP contribution in [0.5, 0.6) is 5.75 Å². The van der Waals surface area contributed by atoms with Crippen molar-refractivity contribution in [3.63, 3.8) is 0 Å². The highest BCUT2D eigenvalue weighted by Gasteiger charge is 2.20. The van der Waals surface area contributed by atoms with Gasteiger partial charge in [0.1, 0.15) is 12.3 Å². The number of carbonyl (C=O) groups is 2. The van der Waals surface area contributed by atoms with E-state index in [9.17, 15) is 9.59 Å². The summed E-state index contributed by atoms with van der Waals surface area (Å²) in [5.41, 5.74) is 0. The smallest absolute Gasteiger partial charge is 0.323 e. The SMILES string of the molecule is CC(Oc1cccc(Cl)c1)C(=O)N(C)CC(=O)O. The van der Waals surface area contributed by atoms with Crippen molar-refractivity contribution in [3.8, 4) is 5.75 Å². The Balaban J connectivity index is 2.62. The number of benzene rings is 1. The number of carboxylic acids is 1. The maximum atomic E-state index is 11.8. The number of ether oxygens (including phenoxy) is 1. The van der Waals surface area contributed by atoms with Gasteiger partial charge in [-0.1, -0.05) is 17.7 Å². The van der Waals surface area contributed by atoms with Crippen LogP contribution in [0.2, 0.25) is 5.02 Å². The molecule has 0 aliphatic heterocycles. The first-order valence-electron chi connectivity index (χ1n) is 5.29. The Bertz CT molecular complexity index is 449. The molecule has 0 aliphatic carbocycles. The molecular weight excluding hydrogens is 258 g/mol. The molecule has 1 rings (SSSR count). The quantitative estimate of drug-likeness (QED) is 0.884. The van der Waals surface area contributed by atoms with Crippen molar-refractivity contribution in [2.75, 3.05) is 13.6 Å². The van der Waals surface area contributed by atoms with Crippen molar-refractivity contribution in [1.29, 1.82) is 0 Å². The van der Waals surface area contributed by atoms with Crippen LogP contribution in [0.1, 0.15) is 6.92 Å². The van der Waals surface area contributed by atoms with Crippen LogP contribution >= 0.6 is 11.6 Å². The summed E-state index contributed by atoms with van der Waals surface area (Å²) in [6, 6.07) is 6.66. The third-order valence-electron chi connectivity index (χ3n) is 2.21. The lowest BCUT2D eigenvalue weighted by Gasteiger charge is -2.20. The van der Waals surface area contributed by atoms with Crippen molar-refractivity contribution in [1.82, 2.24) is 4.90 Å². The Morgan fingerprint density at radius 1 is 1.50 bits per heavy atom. The molecule has 0 saturated heterocycles. The van der Waals surface area contributed by atoms with Gasteiger partial charge in [-0.25, -0.2) is 0 Å². The number of likely N-dealkylation sites (N-methyl/N-ethyl adjacent to an activating group) is 1. The third kappa shape index (κ3) is 4.25. The van der Waals surface area contributed by atoms with Gasteiger partial charge in [0, 0.05) is 12.1 Å². The molecule has 1 N–H and O–H groups in total. The first kappa shape index (κ1) is 14.3. The predicted molar refractivity (Wildman–Crippen MR) is 66.8 cm³/mol. The fraction of sp³-hybridized carbons (Fsp3) is 0.333. The Hall–Kier alpha value is -1.75. The lowest BCUT2D eigenvalue weighted by atomic mass is 10.3. The standard InChI is InChI=1S/C12H14ClNO4/c1-8(12(17)14(2)7-11(15)16)18-10-5-3-4-9(13)6-10/h3-6,8H,7H2,1-2H3,(H,15,16). The molecule has 0 aliphatic rings. The van der Waals surface area contributed by atoms with Gasteiger partial charge in [0.25, 0.3) is 5.91 Å². The summed E-state index contributed by atoms with van der Waals surface area (Å²) in [5, 5.41) is 9.09. The Morgan fingerprint density at radius 3 is 2.72 bits per heavy atom. The molecule has 5 nitrogen and oxygen atoms in total. The first-order chi connectivity index (χ1) is 8.40. The van der Waals surface area contributed by atoms with E-state index in [0.29, 0.717) is 10.8 Å². The number of carbonyl (C=O) groups excluding carboxylic acids is 1. The minimum absolute atomic E-state index is 0.359. The van der Waals surface area contributed by atoms with E-state index in [-0.39, 0.29) is 6.54 Å². The third-order valence-corrected chi connectivity index (χ3v) is 2.44. The minimum Gasteiger partial charge on any atom is -0.481 e. The number of hydrogen-bond donors (Lipinski definition) is 1. The highest BCUT2D eigenvalue weighted by Crippen LogP contribution is 2.18. The van der Waals surface area contributed by atoms with E-state index in [4.69, 9.17) is 21.4 Å². The van der Waals surface area contributed by atoms with Crippen molar-refractivity contribution in [2.24, 2.45) is 0 Å². The summed E-state index contributed by atoms with van der Waals surface area (Å²) >= 11 is 5.79. The predicted octanol–water partition coefficient (Wildman–Crippen LogP) is 1.65. The van der Waals surface area contributed by atoms with Gasteiger partial charge in [0.15, 0.2) is 6.10 Å². The van der Waals surface area contributed by atoms with Gasteiger partial charge in [0.2, 0.25) is 0 Å². The second-order valence-corrected chi connectivity index (χ2v) is 4.24. The summed E-state index contributed by atoms with van der Waals surface area (Å²) in [6.07, 6.45) is -0.771. The van der Waals surface area contributed by atoms with Crippen molar-refractivity contribution < 1.29 is 19.4 Å². The van der Waals surface area contributed by atoms with Crippen LogP contribution in [0, 0.1) is 0 Å². The van der Waals surface area contributed by atoms with Crippen molar-refractivity contribution in [2.45, 2.75) is 13.0 Å². The topological polar surface area (TPSA) is 66.8 Å². The van der Waals surface area contributed by atoms with E-state index < -0.39 is 18.0 Å². The maximum Gasteiger partial charge on any atom is 0.323 e. The summed E-state index contributed by atoms with van der Waals surface area (Å²) in [5.74, 6) is -1.01. The molecule has 0 spiro atoms. The Labute approximate surface area is 110 Å². The largest absolute Gasteiger partial charge is 0.481 e. The summed E-state index contributed by atoms with van der Waals surface area (Å²) in [4.78, 5) is 23.4. The van der Waals surface area contributed by atoms with Gasteiger partial charge >= 0.3 is 5.97 Å². The lowest BCUT2D eigenvalue weighted by molar-refractivity contribution is -0.146. The number of nitrogens with zero attached hydrogens (tertiary/aromatic N) is 1. The van der Waals surface area contributed by atoms with E-state index in [2.05, 4.69) is 0 Å². The minimum atomic E-state index is -1.07. The molecule has 0 bridgehead atoms. The van der Waals surface area contributed by atoms with E-state index in [1.54, 1.807) is 31.2 Å². The maximum absolute atomic E-state index is 11.8. The number of rotatable bonds is 5. The van der Waals surface area contributed by atoms with Gasteiger partial charge in [0.05, 0.1) is 0 Å². The van der Waals surface area contributed by atoms with Crippen LogP contribution in [0.4, 0.5) is 0 Å². The normalized spacial score (nSPS) is 11.7. The monoisotopic (exact) mass is 271 g/mol. The van der Waals surface area contributed by atoms with Crippen LogP contribution in [-0.4, -0.2) is 41.6 Å². The molecule has 1 atom stereocenters. The highest BCUT2D eigenvalue weighted by atomic mass is 35.5. The fourth-order valence-corrected chi connectivity index (χ4v) is 1.57. The molecule has 98 valence electrons. The van der Waals surface area contributed by atoms with E-state index >= 15 is 0 Å². The molecule has 0 fully saturated rings. The Kier molecular flexibility index (Phi) is 4.97. The number of hydrogen-bond acceptors (Lipinski definition) is 3. The molecule has 1 unspecified atom stereocenters. The second-order valence-electron chi connectivity index (χ2n) is 3.81. The zero-order valence-electron chi connectivity index (χ0n) is 10.1. The molecule has 1 amide bonds. The summed E-state index contributed by atoms with van der Waals surface area (Å²) < 4.78 is 5.39. The van der Waals surface area contributed by atoms with E-state index in [1.807, 2.05) is 0 Å². The highest BCUT2D eigenvalue weighted by molar-refractivity contribution is 6.30. The van der Waals surface area contributed by atoms with Crippen molar-refractivity contribution >= 4 is 23.5 Å². The van der Waals surface area contributed by atoms with Crippen molar-refractivity contribution in [3.05, 3.63) is 29.3 Å². The Morgan fingerprint density at radius 2 is 2.17 bits per heavy atom. The van der Waals surface area contributed by atoms with Gasteiger partial charge in [-0.2, -0.15) is 0 Å². The fourth-order valence-electron chi connectivity index (χ4n) is 1.39. The molecule has 0 heterocycles.